The molecule has 0 aliphatic carbocycles. The van der Waals surface area contributed by atoms with Crippen molar-refractivity contribution in [3.05, 3.63) is 47.5 Å². The first-order chi connectivity index (χ1) is 13.5. The van der Waals surface area contributed by atoms with E-state index >= 15 is 0 Å². The van der Waals surface area contributed by atoms with E-state index in [1.807, 2.05) is 55.1 Å². The van der Waals surface area contributed by atoms with Crippen molar-refractivity contribution in [3.63, 3.8) is 0 Å². The molecule has 6 heteroatoms. The van der Waals surface area contributed by atoms with Crippen molar-refractivity contribution in [1.82, 2.24) is 0 Å². The monoisotopic (exact) mass is 380 g/mol. The van der Waals surface area contributed by atoms with Gasteiger partial charge in [-0.1, -0.05) is 19.9 Å². The second kappa shape index (κ2) is 7.54. The third kappa shape index (κ3) is 3.67. The second-order valence-electron chi connectivity index (χ2n) is 7.47. The Morgan fingerprint density at radius 3 is 2.75 bits per heavy atom. The van der Waals surface area contributed by atoms with Gasteiger partial charge in [0.05, 0.1) is 0 Å². The highest BCUT2D eigenvalue weighted by atomic mass is 16.7. The van der Waals surface area contributed by atoms with Crippen molar-refractivity contribution < 1.29 is 19.1 Å². The Kier molecular flexibility index (Phi) is 4.94. The lowest BCUT2D eigenvalue weighted by molar-refractivity contribution is -0.121. The molecule has 2 aliphatic rings. The minimum absolute atomic E-state index is 0.0264. The molecule has 0 saturated carbocycles. The van der Waals surface area contributed by atoms with Gasteiger partial charge in [0.1, 0.15) is 0 Å². The van der Waals surface area contributed by atoms with E-state index in [4.69, 9.17) is 9.47 Å². The Bertz CT molecular complexity index is 923. The van der Waals surface area contributed by atoms with E-state index in [1.165, 1.54) is 0 Å². The molecule has 0 fully saturated rings. The van der Waals surface area contributed by atoms with Gasteiger partial charge in [-0.05, 0) is 54.3 Å². The summed E-state index contributed by atoms with van der Waals surface area (Å²) in [5.41, 5.74) is 3.86. The Morgan fingerprint density at radius 2 is 1.93 bits per heavy atom. The standard InChI is InChI=1S/C22H24N2O4/c1-14(2)22(26)24-10-9-16-12-17(5-6-18(16)24)23-21(25)8-4-15-3-7-19-20(11-15)28-13-27-19/h3,5-7,11-12,14H,4,8-10,13H2,1-2H3,(H,23,25). The van der Waals surface area contributed by atoms with Crippen molar-refractivity contribution in [2.24, 2.45) is 5.92 Å². The van der Waals surface area contributed by atoms with Crippen LogP contribution < -0.4 is 19.7 Å². The number of hydrogen-bond acceptors (Lipinski definition) is 4. The molecule has 0 saturated heterocycles. The molecule has 6 nitrogen and oxygen atoms in total. The smallest absolute Gasteiger partial charge is 0.231 e. The van der Waals surface area contributed by atoms with Crippen LogP contribution in [-0.4, -0.2) is 25.2 Å². The summed E-state index contributed by atoms with van der Waals surface area (Å²) in [6, 6.07) is 11.5. The van der Waals surface area contributed by atoms with Crippen LogP contribution in [0.5, 0.6) is 11.5 Å². The molecule has 0 aromatic heterocycles. The zero-order valence-electron chi connectivity index (χ0n) is 16.2. The summed E-state index contributed by atoms with van der Waals surface area (Å²) in [5, 5.41) is 2.96. The van der Waals surface area contributed by atoms with Gasteiger partial charge in [0.2, 0.25) is 18.6 Å². The number of aryl methyl sites for hydroxylation is 1. The van der Waals surface area contributed by atoms with Crippen LogP contribution in [-0.2, 0) is 22.4 Å². The van der Waals surface area contributed by atoms with Gasteiger partial charge in [-0.25, -0.2) is 0 Å². The van der Waals surface area contributed by atoms with Gasteiger partial charge in [-0.15, -0.1) is 0 Å². The summed E-state index contributed by atoms with van der Waals surface area (Å²) in [4.78, 5) is 26.5. The number of carbonyl (C=O) groups excluding carboxylic acids is 2. The average Bonchev–Trinajstić information content (AvgIpc) is 3.31. The summed E-state index contributed by atoms with van der Waals surface area (Å²) < 4.78 is 10.7. The normalized spacial score (nSPS) is 14.3. The molecule has 2 aromatic carbocycles. The number of fused-ring (bicyclic) bond motifs is 2. The van der Waals surface area contributed by atoms with Gasteiger partial charge in [0.25, 0.3) is 0 Å². The van der Waals surface area contributed by atoms with Crippen molar-refractivity contribution in [1.29, 1.82) is 0 Å². The molecule has 146 valence electrons. The average molecular weight is 380 g/mol. The van der Waals surface area contributed by atoms with E-state index in [0.717, 1.165) is 40.4 Å². The van der Waals surface area contributed by atoms with Crippen molar-refractivity contribution >= 4 is 23.2 Å². The molecule has 1 N–H and O–H groups in total. The molecule has 2 amide bonds. The van der Waals surface area contributed by atoms with E-state index in [-0.39, 0.29) is 24.5 Å². The zero-order chi connectivity index (χ0) is 19.7. The molecular weight excluding hydrogens is 356 g/mol. The lowest BCUT2D eigenvalue weighted by Gasteiger charge is -2.19. The minimum atomic E-state index is -0.0364. The van der Waals surface area contributed by atoms with E-state index in [2.05, 4.69) is 5.32 Å². The van der Waals surface area contributed by atoms with Crippen LogP contribution in [0.1, 0.15) is 31.4 Å². The molecule has 2 heterocycles. The Labute approximate surface area is 164 Å². The first kappa shape index (κ1) is 18.3. The van der Waals surface area contributed by atoms with E-state index < -0.39 is 0 Å². The quantitative estimate of drug-likeness (QED) is 0.862. The Hall–Kier alpha value is -3.02. The topological polar surface area (TPSA) is 67.9 Å². The maximum Gasteiger partial charge on any atom is 0.231 e. The summed E-state index contributed by atoms with van der Waals surface area (Å²) in [6.45, 7) is 4.77. The minimum Gasteiger partial charge on any atom is -0.454 e. The van der Waals surface area contributed by atoms with Gasteiger partial charge < -0.3 is 19.7 Å². The summed E-state index contributed by atoms with van der Waals surface area (Å²) in [5.74, 6) is 1.56. The SMILES string of the molecule is CC(C)C(=O)N1CCc2cc(NC(=O)CCc3ccc4c(c3)OCO4)ccc21. The summed E-state index contributed by atoms with van der Waals surface area (Å²) >= 11 is 0. The molecule has 0 spiro atoms. The summed E-state index contributed by atoms with van der Waals surface area (Å²) in [6.07, 6.45) is 1.83. The fourth-order valence-corrected chi connectivity index (χ4v) is 3.60. The predicted molar refractivity (Wildman–Crippen MR) is 107 cm³/mol. The van der Waals surface area contributed by atoms with E-state index in [1.54, 1.807) is 0 Å². The lowest BCUT2D eigenvalue weighted by Crippen LogP contribution is -2.32. The number of nitrogens with one attached hydrogen (secondary N) is 1. The highest BCUT2D eigenvalue weighted by molar-refractivity contribution is 5.97. The first-order valence-electron chi connectivity index (χ1n) is 9.64. The van der Waals surface area contributed by atoms with Crippen LogP contribution in [0.4, 0.5) is 11.4 Å². The third-order valence-electron chi connectivity index (χ3n) is 5.10. The number of nitrogens with zero attached hydrogens (tertiary/aromatic N) is 1. The number of rotatable bonds is 5. The van der Waals surface area contributed by atoms with Gasteiger partial charge >= 0.3 is 0 Å². The molecule has 4 rings (SSSR count). The highest BCUT2D eigenvalue weighted by Gasteiger charge is 2.26. The maximum absolute atomic E-state index is 12.3. The molecule has 2 aromatic rings. The van der Waals surface area contributed by atoms with Gasteiger partial charge in [0, 0.05) is 30.3 Å². The van der Waals surface area contributed by atoms with Gasteiger partial charge in [-0.3, -0.25) is 9.59 Å². The van der Waals surface area contributed by atoms with Crippen LogP contribution in [0.25, 0.3) is 0 Å². The first-order valence-corrected chi connectivity index (χ1v) is 9.64. The van der Waals surface area contributed by atoms with E-state index in [9.17, 15) is 9.59 Å². The van der Waals surface area contributed by atoms with E-state index in [0.29, 0.717) is 19.4 Å². The number of hydrogen-bond donors (Lipinski definition) is 1. The van der Waals surface area contributed by atoms with Crippen LogP contribution in [0.15, 0.2) is 36.4 Å². The highest BCUT2D eigenvalue weighted by Crippen LogP contribution is 2.33. The second-order valence-corrected chi connectivity index (χ2v) is 7.47. The Morgan fingerprint density at radius 1 is 1.11 bits per heavy atom. The number of anilines is 2. The number of ether oxygens (including phenoxy) is 2. The fourth-order valence-electron chi connectivity index (χ4n) is 3.60. The fraction of sp³-hybridized carbons (Fsp3) is 0.364. The number of carbonyl (C=O) groups is 2. The molecule has 28 heavy (non-hydrogen) atoms. The molecular formula is C22H24N2O4. The van der Waals surface area contributed by atoms with Crippen LogP contribution in [0.2, 0.25) is 0 Å². The molecule has 0 radical (unpaired) electrons. The zero-order valence-corrected chi connectivity index (χ0v) is 16.2. The van der Waals surface area contributed by atoms with Crippen molar-refractivity contribution in [2.45, 2.75) is 33.1 Å². The van der Waals surface area contributed by atoms with Crippen LogP contribution >= 0.6 is 0 Å². The third-order valence-corrected chi connectivity index (χ3v) is 5.10. The van der Waals surface area contributed by atoms with Crippen LogP contribution in [0.3, 0.4) is 0 Å². The van der Waals surface area contributed by atoms with Crippen LogP contribution in [0, 0.1) is 5.92 Å². The Balaban J connectivity index is 1.36. The van der Waals surface area contributed by atoms with Gasteiger partial charge in [0.15, 0.2) is 11.5 Å². The van der Waals surface area contributed by atoms with Crippen molar-refractivity contribution in [3.8, 4) is 11.5 Å². The number of benzene rings is 2. The molecule has 0 bridgehead atoms. The molecule has 0 atom stereocenters. The molecule has 2 aliphatic heterocycles. The largest absolute Gasteiger partial charge is 0.454 e. The maximum atomic E-state index is 12.3. The van der Waals surface area contributed by atoms with Crippen molar-refractivity contribution in [2.75, 3.05) is 23.6 Å². The van der Waals surface area contributed by atoms with Gasteiger partial charge in [-0.2, -0.15) is 0 Å². The summed E-state index contributed by atoms with van der Waals surface area (Å²) in [7, 11) is 0. The molecule has 0 unspecified atom stereocenters. The number of amides is 2. The lowest BCUT2D eigenvalue weighted by atomic mass is 10.1. The predicted octanol–water partition coefficient (Wildman–Crippen LogP) is 3.53.